The molecule has 1 unspecified atom stereocenters. The molecule has 2 heterocycles. The van der Waals surface area contributed by atoms with Crippen LogP contribution in [0.25, 0.3) is 10.8 Å². The van der Waals surface area contributed by atoms with E-state index in [9.17, 15) is 14.0 Å². The van der Waals surface area contributed by atoms with Crippen molar-refractivity contribution >= 4 is 22.8 Å². The zero-order valence-electron chi connectivity index (χ0n) is 26.4. The lowest BCUT2D eigenvalue weighted by Crippen LogP contribution is -2.41. The summed E-state index contributed by atoms with van der Waals surface area (Å²) in [5.41, 5.74) is 2.58. The van der Waals surface area contributed by atoms with E-state index in [0.717, 1.165) is 55.3 Å². The van der Waals surface area contributed by atoms with Crippen LogP contribution >= 0.6 is 0 Å². The van der Waals surface area contributed by atoms with Crippen molar-refractivity contribution in [2.45, 2.75) is 71.6 Å². The number of hydrogen-bond donors (Lipinski definition) is 1. The average Bonchev–Trinajstić information content (AvgIpc) is 3.01. The first-order valence-electron chi connectivity index (χ1n) is 15.8. The highest BCUT2D eigenvalue weighted by Crippen LogP contribution is 2.32. The molecule has 3 aromatic carbocycles. The Balaban J connectivity index is 1.18. The molecule has 0 radical (unpaired) electrons. The number of fused-ring (bicyclic) bond motifs is 1. The molecule has 0 aliphatic carbocycles. The van der Waals surface area contributed by atoms with Gasteiger partial charge >= 0.3 is 6.09 Å². The van der Waals surface area contributed by atoms with Crippen LogP contribution < -0.4 is 5.32 Å². The number of amides is 2. The number of likely N-dealkylation sites (tertiary alicyclic amines) is 2. The molecule has 0 aromatic heterocycles. The van der Waals surface area contributed by atoms with Crippen molar-refractivity contribution in [1.29, 1.82) is 0 Å². The summed E-state index contributed by atoms with van der Waals surface area (Å²) in [6, 6.07) is 19.4. The van der Waals surface area contributed by atoms with Crippen molar-refractivity contribution in [3.05, 3.63) is 83.2 Å². The molecule has 2 aliphatic rings. The fourth-order valence-corrected chi connectivity index (χ4v) is 6.25. The van der Waals surface area contributed by atoms with Crippen molar-refractivity contribution in [2.24, 2.45) is 11.8 Å². The van der Waals surface area contributed by atoms with E-state index >= 15 is 0 Å². The van der Waals surface area contributed by atoms with Crippen LogP contribution in [0.15, 0.2) is 60.7 Å². The molecule has 2 amide bonds. The number of ether oxygens (including phenoxy) is 1. The van der Waals surface area contributed by atoms with Crippen molar-refractivity contribution in [3.63, 3.8) is 0 Å². The van der Waals surface area contributed by atoms with Gasteiger partial charge in [-0.25, -0.2) is 9.18 Å². The number of halogens is 1. The van der Waals surface area contributed by atoms with Gasteiger partial charge in [0.2, 0.25) is 5.91 Å². The molecule has 6 nitrogen and oxygen atoms in total. The molecule has 0 bridgehead atoms. The number of carbonyl (C=O) groups is 2. The van der Waals surface area contributed by atoms with Crippen LogP contribution in [0.3, 0.4) is 0 Å². The fraction of sp³-hybridized carbons (Fsp3) is 0.459. The van der Waals surface area contributed by atoms with Crippen LogP contribution in [0.1, 0.15) is 76.1 Å². The van der Waals surface area contributed by atoms with E-state index in [2.05, 4.69) is 65.4 Å². The fourth-order valence-electron chi connectivity index (χ4n) is 6.25. The molecule has 2 fully saturated rings. The maximum atomic E-state index is 13.5. The highest BCUT2D eigenvalue weighted by atomic mass is 19.1. The van der Waals surface area contributed by atoms with Gasteiger partial charge in [0.05, 0.1) is 0 Å². The van der Waals surface area contributed by atoms with Gasteiger partial charge in [-0.1, -0.05) is 54.3 Å². The summed E-state index contributed by atoms with van der Waals surface area (Å²) in [6.07, 6.45) is 3.05. The lowest BCUT2D eigenvalue weighted by atomic mass is 9.91. The van der Waals surface area contributed by atoms with Crippen LogP contribution in [0.5, 0.6) is 0 Å². The predicted molar refractivity (Wildman–Crippen MR) is 172 cm³/mol. The summed E-state index contributed by atoms with van der Waals surface area (Å²) in [7, 11) is 0. The van der Waals surface area contributed by atoms with Crippen LogP contribution in [0, 0.1) is 29.5 Å². The minimum Gasteiger partial charge on any atom is -0.444 e. The molecule has 2 saturated heterocycles. The second-order valence-electron chi connectivity index (χ2n) is 13.1. The maximum Gasteiger partial charge on any atom is 0.410 e. The summed E-state index contributed by atoms with van der Waals surface area (Å²) >= 11 is 0. The minimum atomic E-state index is -0.488. The Kier molecular flexibility index (Phi) is 9.90. The highest BCUT2D eigenvalue weighted by Gasteiger charge is 2.29. The lowest BCUT2D eigenvalue weighted by molar-refractivity contribution is -0.126. The Bertz CT molecular complexity index is 1540. The molecule has 0 saturated carbocycles. The van der Waals surface area contributed by atoms with E-state index in [0.29, 0.717) is 19.6 Å². The topological polar surface area (TPSA) is 61.9 Å². The summed E-state index contributed by atoms with van der Waals surface area (Å²) < 4.78 is 19.0. The Labute approximate surface area is 260 Å². The van der Waals surface area contributed by atoms with Gasteiger partial charge in [0, 0.05) is 43.1 Å². The maximum absolute atomic E-state index is 13.5. The van der Waals surface area contributed by atoms with Gasteiger partial charge in [0.1, 0.15) is 11.4 Å². The van der Waals surface area contributed by atoms with Gasteiger partial charge in [-0.2, -0.15) is 0 Å². The lowest BCUT2D eigenvalue weighted by Gasteiger charge is -2.36. The smallest absolute Gasteiger partial charge is 0.410 e. The minimum absolute atomic E-state index is 0.0302. The largest absolute Gasteiger partial charge is 0.444 e. The van der Waals surface area contributed by atoms with Crippen molar-refractivity contribution in [1.82, 2.24) is 15.1 Å². The molecule has 44 heavy (non-hydrogen) atoms. The second-order valence-corrected chi connectivity index (χ2v) is 13.1. The van der Waals surface area contributed by atoms with Gasteiger partial charge in [-0.05, 0) is 107 Å². The molecule has 1 N–H and O–H groups in total. The number of hydrogen-bond acceptors (Lipinski definition) is 4. The van der Waals surface area contributed by atoms with Crippen molar-refractivity contribution in [2.75, 3.05) is 26.2 Å². The molecular formula is C37H44FN3O3. The highest BCUT2D eigenvalue weighted by molar-refractivity contribution is 5.91. The third-order valence-corrected chi connectivity index (χ3v) is 8.77. The SMILES string of the molecule is CC(c1cccc2c(C#CC3CCN(C(=O)OC(C)(C)C)CC3)cccc12)N1CCC(C(=O)NCc2cccc(F)c2)CC1. The first kappa shape index (κ1) is 31.5. The summed E-state index contributed by atoms with van der Waals surface area (Å²) in [5.74, 6) is 6.94. The monoisotopic (exact) mass is 597 g/mol. The van der Waals surface area contributed by atoms with Crippen molar-refractivity contribution in [3.8, 4) is 11.8 Å². The normalized spacial score (nSPS) is 17.5. The van der Waals surface area contributed by atoms with Crippen molar-refractivity contribution < 1.29 is 18.7 Å². The van der Waals surface area contributed by atoms with Gasteiger partial charge in [-0.15, -0.1) is 0 Å². The van der Waals surface area contributed by atoms with E-state index in [1.54, 1.807) is 11.0 Å². The third kappa shape index (κ3) is 7.98. The van der Waals surface area contributed by atoms with E-state index < -0.39 is 5.60 Å². The number of nitrogens with one attached hydrogen (secondary N) is 1. The number of nitrogens with zero attached hydrogens (tertiary/aromatic N) is 2. The molecule has 1 atom stereocenters. The quantitative estimate of drug-likeness (QED) is 0.320. The molecule has 232 valence electrons. The number of rotatable bonds is 5. The summed E-state index contributed by atoms with van der Waals surface area (Å²) in [6.45, 7) is 11.3. The van der Waals surface area contributed by atoms with E-state index in [1.807, 2.05) is 26.8 Å². The van der Waals surface area contributed by atoms with Gasteiger partial charge in [0.15, 0.2) is 0 Å². The molecule has 7 heteroatoms. The number of piperidine rings is 2. The Hall–Kier alpha value is -3.89. The molecule has 2 aliphatic heterocycles. The Morgan fingerprint density at radius 3 is 2.34 bits per heavy atom. The molecule has 3 aromatic rings. The van der Waals surface area contributed by atoms with Gasteiger partial charge in [-0.3, -0.25) is 9.69 Å². The van der Waals surface area contributed by atoms with E-state index in [4.69, 9.17) is 4.74 Å². The standard InChI is InChI=1S/C37H44FN3O3/c1-26(40-22-18-30(19-23-40)35(42)39-25-28-8-5-10-31(38)24-28)32-11-7-12-33-29(9-6-13-34(32)33)15-14-27-16-20-41(21-17-27)36(43)44-37(2,3)4/h5-13,24,26-27,30H,16-23,25H2,1-4H3,(H,39,42). The zero-order chi connectivity index (χ0) is 31.3. The Morgan fingerprint density at radius 1 is 0.955 bits per heavy atom. The van der Waals surface area contributed by atoms with E-state index in [1.165, 1.54) is 23.1 Å². The van der Waals surface area contributed by atoms with E-state index in [-0.39, 0.29) is 35.7 Å². The second kappa shape index (κ2) is 13.8. The first-order valence-corrected chi connectivity index (χ1v) is 15.8. The summed E-state index contributed by atoms with van der Waals surface area (Å²) in [4.78, 5) is 29.5. The van der Waals surface area contributed by atoms with Crippen LogP contribution in [0.4, 0.5) is 9.18 Å². The van der Waals surface area contributed by atoms with Gasteiger partial charge in [0.25, 0.3) is 0 Å². The zero-order valence-corrected chi connectivity index (χ0v) is 26.4. The van der Waals surface area contributed by atoms with Crippen LogP contribution in [0.2, 0.25) is 0 Å². The predicted octanol–water partition coefficient (Wildman–Crippen LogP) is 7.07. The molecule has 5 rings (SSSR count). The molecule has 0 spiro atoms. The van der Waals surface area contributed by atoms with Gasteiger partial charge < -0.3 is 15.0 Å². The summed E-state index contributed by atoms with van der Waals surface area (Å²) in [5, 5.41) is 5.36. The van der Waals surface area contributed by atoms with Crippen LogP contribution in [-0.4, -0.2) is 53.6 Å². The first-order chi connectivity index (χ1) is 21.1. The third-order valence-electron chi connectivity index (χ3n) is 8.77. The number of carbonyl (C=O) groups excluding carboxylic acids is 2. The number of benzene rings is 3. The average molecular weight is 598 g/mol. The molecular weight excluding hydrogens is 553 g/mol. The Morgan fingerprint density at radius 2 is 1.64 bits per heavy atom. The van der Waals surface area contributed by atoms with Crippen LogP contribution in [-0.2, 0) is 16.1 Å².